The van der Waals surface area contributed by atoms with E-state index < -0.39 is 0 Å². The van der Waals surface area contributed by atoms with E-state index in [4.69, 9.17) is 20.0 Å². The van der Waals surface area contributed by atoms with Gasteiger partial charge in [0, 0.05) is 57.7 Å². The molecule has 2 atom stereocenters. The molecule has 5 heteroatoms. The maximum atomic E-state index is 8.95. The number of nitrogens with two attached hydrogens (primary N) is 1. The van der Waals surface area contributed by atoms with Gasteiger partial charge < -0.3 is 14.6 Å². The summed E-state index contributed by atoms with van der Waals surface area (Å²) in [5.41, 5.74) is 14.8. The molecule has 2 unspecified atom stereocenters. The van der Waals surface area contributed by atoms with Crippen LogP contribution in [0, 0.1) is 17.2 Å². The Morgan fingerprint density at radius 1 is 0.854 bits per heavy atom. The lowest BCUT2D eigenvalue weighted by Crippen LogP contribution is -2.27. The lowest BCUT2D eigenvalue weighted by Gasteiger charge is -2.33. The summed E-state index contributed by atoms with van der Waals surface area (Å²) in [5, 5.41) is 10.8. The Morgan fingerprint density at radius 3 is 2.59 bits per heavy atom. The number of rotatable bonds is 3. The van der Waals surface area contributed by atoms with Gasteiger partial charge in [0.25, 0.3) is 0 Å². The summed E-state index contributed by atoms with van der Waals surface area (Å²) in [7, 11) is 0. The molecule has 200 valence electrons. The minimum atomic E-state index is 0.117. The van der Waals surface area contributed by atoms with Crippen molar-refractivity contribution in [2.75, 3.05) is 0 Å². The molecule has 41 heavy (non-hydrogen) atoms. The predicted octanol–water partition coefficient (Wildman–Crippen LogP) is 8.08. The van der Waals surface area contributed by atoms with Crippen molar-refractivity contribution in [1.29, 1.82) is 5.41 Å². The van der Waals surface area contributed by atoms with Crippen molar-refractivity contribution in [3.8, 4) is 0 Å². The summed E-state index contributed by atoms with van der Waals surface area (Å²) in [6.07, 6.45) is 23.8. The van der Waals surface area contributed by atoms with E-state index in [1.54, 1.807) is 0 Å². The average molecular weight is 536 g/mol. The smallest absolute Gasteiger partial charge is 0.154 e. The summed E-state index contributed by atoms with van der Waals surface area (Å²) in [5.74, 6) is 3.00. The number of nitrogens with zero attached hydrogens (tertiary/aromatic N) is 1. The van der Waals surface area contributed by atoms with E-state index in [-0.39, 0.29) is 17.7 Å². The van der Waals surface area contributed by atoms with E-state index in [0.29, 0.717) is 11.4 Å². The van der Waals surface area contributed by atoms with Crippen LogP contribution in [-0.2, 0) is 12.8 Å². The second-order valence-corrected chi connectivity index (χ2v) is 11.0. The Balaban J connectivity index is 1.13. The largest absolute Gasteiger partial charge is 0.465 e. The van der Waals surface area contributed by atoms with Crippen molar-refractivity contribution >= 4 is 45.3 Å². The molecule has 0 fully saturated rings. The van der Waals surface area contributed by atoms with Crippen LogP contribution in [0.4, 0.5) is 0 Å². The number of allylic oxidation sites excluding steroid dienone is 9. The highest BCUT2D eigenvalue weighted by Gasteiger charge is 2.35. The van der Waals surface area contributed by atoms with E-state index >= 15 is 0 Å². The van der Waals surface area contributed by atoms with Crippen molar-refractivity contribution in [3.05, 3.63) is 130 Å². The van der Waals surface area contributed by atoms with Gasteiger partial charge in [0.1, 0.15) is 28.5 Å². The third-order valence-electron chi connectivity index (χ3n) is 8.70. The van der Waals surface area contributed by atoms with E-state index in [1.165, 1.54) is 16.7 Å². The number of benzene rings is 2. The van der Waals surface area contributed by atoms with Crippen molar-refractivity contribution in [3.63, 3.8) is 0 Å². The van der Waals surface area contributed by atoms with Crippen LogP contribution in [0.1, 0.15) is 41.1 Å². The van der Waals surface area contributed by atoms with Gasteiger partial charge in [0.05, 0.1) is 0 Å². The maximum absolute atomic E-state index is 8.95. The number of hydrogen-bond acceptors (Lipinski definition) is 3. The molecule has 2 heterocycles. The molecule has 4 aliphatic rings. The molecule has 0 radical (unpaired) electrons. The predicted molar refractivity (Wildman–Crippen MR) is 166 cm³/mol. The van der Waals surface area contributed by atoms with Crippen molar-refractivity contribution in [1.82, 2.24) is 0 Å². The second kappa shape index (κ2) is 9.34. The summed E-state index contributed by atoms with van der Waals surface area (Å²) < 4.78 is 12.4. The topological polar surface area (TPSA) is 88.5 Å². The molecule has 4 aliphatic carbocycles. The molecule has 2 aromatic carbocycles. The summed E-state index contributed by atoms with van der Waals surface area (Å²) >= 11 is 0. The molecule has 0 spiro atoms. The Labute approximate surface area is 237 Å². The van der Waals surface area contributed by atoms with Gasteiger partial charge in [-0.1, -0.05) is 85.0 Å². The quantitative estimate of drug-likeness (QED) is 0.205. The minimum absolute atomic E-state index is 0.117. The van der Waals surface area contributed by atoms with Crippen molar-refractivity contribution in [2.24, 2.45) is 22.6 Å². The number of amidine groups is 2. The Bertz CT molecular complexity index is 1990. The Morgan fingerprint density at radius 2 is 1.66 bits per heavy atom. The van der Waals surface area contributed by atoms with E-state index in [1.807, 2.05) is 48.5 Å². The van der Waals surface area contributed by atoms with Crippen LogP contribution in [0.2, 0.25) is 0 Å². The van der Waals surface area contributed by atoms with Crippen LogP contribution in [0.5, 0.6) is 0 Å². The van der Waals surface area contributed by atoms with Crippen LogP contribution < -0.4 is 5.73 Å². The first-order valence-electron chi connectivity index (χ1n) is 14.3. The number of para-hydroxylation sites is 1. The number of aryl methyl sites for hydroxylation is 2. The highest BCUT2D eigenvalue weighted by Crippen LogP contribution is 2.47. The lowest BCUT2D eigenvalue weighted by molar-refractivity contribution is 0.460. The molecule has 2 aromatic heterocycles. The Hall–Kier alpha value is -4.90. The first-order chi connectivity index (χ1) is 20.2. The van der Waals surface area contributed by atoms with Crippen LogP contribution in [-0.4, -0.2) is 11.7 Å². The molecule has 5 nitrogen and oxygen atoms in total. The molecule has 0 bridgehead atoms. The van der Waals surface area contributed by atoms with Crippen molar-refractivity contribution in [2.45, 2.75) is 25.7 Å². The number of fused-ring (bicyclic) bond motifs is 7. The molecule has 0 saturated heterocycles. The van der Waals surface area contributed by atoms with Gasteiger partial charge in [-0.3, -0.25) is 5.41 Å². The Kier molecular flexibility index (Phi) is 5.46. The van der Waals surface area contributed by atoms with Gasteiger partial charge in [0.2, 0.25) is 0 Å². The zero-order chi connectivity index (χ0) is 27.5. The van der Waals surface area contributed by atoms with Gasteiger partial charge in [-0.15, -0.1) is 0 Å². The third-order valence-corrected chi connectivity index (χ3v) is 8.70. The zero-order valence-corrected chi connectivity index (χ0v) is 22.6. The highest BCUT2D eigenvalue weighted by atomic mass is 16.3. The number of nitrogens with one attached hydrogen (secondary N) is 1. The van der Waals surface area contributed by atoms with Gasteiger partial charge >= 0.3 is 0 Å². The summed E-state index contributed by atoms with van der Waals surface area (Å²) in [6.45, 7) is 0. The molecular weight excluding hydrogens is 506 g/mol. The fraction of sp³-hybridized carbons (Fsp3) is 0.167. The van der Waals surface area contributed by atoms with Crippen LogP contribution in [0.3, 0.4) is 0 Å². The highest BCUT2D eigenvalue weighted by molar-refractivity contribution is 6.20. The monoisotopic (exact) mass is 535 g/mol. The lowest BCUT2D eigenvalue weighted by atomic mass is 9.70. The average Bonchev–Trinajstić information content (AvgIpc) is 3.59. The van der Waals surface area contributed by atoms with E-state index in [0.717, 1.165) is 70.3 Å². The van der Waals surface area contributed by atoms with Gasteiger partial charge in [-0.25, -0.2) is 4.99 Å². The van der Waals surface area contributed by atoms with Crippen LogP contribution in [0.15, 0.2) is 116 Å². The fourth-order valence-electron chi connectivity index (χ4n) is 6.88. The standard InChI is InChI=1S/C36H29N3O2/c37-35(39-36(38)28-16-8-20-32-34(28)27-10-2-4-18-30(27)41-32)25-15-6-11-21-22(12-5-13-23(21)25)24-14-7-19-31-33(24)26-9-1-3-17-29(26)40-31/h1-2,4-6,8-16,18,20-22H,3,7,17,19H2,(H3,37,38,39). The zero-order valence-electron chi connectivity index (χ0n) is 22.6. The minimum Gasteiger partial charge on any atom is -0.465 e. The van der Waals surface area contributed by atoms with E-state index in [2.05, 4.69) is 53.6 Å². The fourth-order valence-corrected chi connectivity index (χ4v) is 6.88. The van der Waals surface area contributed by atoms with Gasteiger partial charge in [-0.2, -0.15) is 0 Å². The molecule has 0 amide bonds. The number of aliphatic imine (C=N–C) groups is 1. The van der Waals surface area contributed by atoms with Gasteiger partial charge in [-0.05, 0) is 36.1 Å². The SMILES string of the molecule is N=C(/N=C(\N)C1=CC=CC2C1=CC=CC2C1=CCCc2oc3c(c21)C=CCC3)c1cccc2oc3ccccc3c12. The van der Waals surface area contributed by atoms with Crippen molar-refractivity contribution < 1.29 is 8.83 Å². The first-order valence-corrected chi connectivity index (χ1v) is 14.3. The number of hydrogen-bond donors (Lipinski definition) is 2. The molecule has 8 rings (SSSR count). The maximum Gasteiger partial charge on any atom is 0.154 e. The van der Waals surface area contributed by atoms with Gasteiger partial charge in [0.15, 0.2) is 5.84 Å². The molecule has 4 aromatic rings. The summed E-state index contributed by atoms with van der Waals surface area (Å²) in [6, 6.07) is 13.6. The molecule has 0 aliphatic heterocycles. The molecular formula is C36H29N3O2. The molecule has 0 saturated carbocycles. The summed E-state index contributed by atoms with van der Waals surface area (Å²) in [4.78, 5) is 4.65. The van der Waals surface area contributed by atoms with E-state index in [9.17, 15) is 0 Å². The number of furan rings is 2. The second-order valence-electron chi connectivity index (χ2n) is 11.0. The van der Waals surface area contributed by atoms with Crippen LogP contribution in [0.25, 0.3) is 33.6 Å². The van der Waals surface area contributed by atoms with Crippen LogP contribution >= 0.6 is 0 Å². The normalized spacial score (nSPS) is 21.3. The third kappa shape index (κ3) is 3.76. The molecule has 3 N–H and O–H groups in total. The first kappa shape index (κ1) is 23.9.